The van der Waals surface area contributed by atoms with Gasteiger partial charge in [-0.15, -0.1) is 0 Å². The van der Waals surface area contributed by atoms with Crippen LogP contribution in [0.1, 0.15) is 53.1 Å². The van der Waals surface area contributed by atoms with Gasteiger partial charge in [0.05, 0.1) is 0 Å². The largest absolute Gasteiger partial charge is 0.396 e. The van der Waals surface area contributed by atoms with E-state index in [2.05, 4.69) is 190 Å². The fourth-order valence-electron chi connectivity index (χ4n) is 6.51. The third kappa shape index (κ3) is 7.07. The molecular formula is C45H46N2O. The van der Waals surface area contributed by atoms with Gasteiger partial charge < -0.3 is 14.9 Å². The summed E-state index contributed by atoms with van der Waals surface area (Å²) < 4.78 is 0. The molecule has 0 atom stereocenters. The molecule has 0 amide bonds. The summed E-state index contributed by atoms with van der Waals surface area (Å²) in [6, 6.07) is 52.8. The summed E-state index contributed by atoms with van der Waals surface area (Å²) in [7, 11) is 0. The molecule has 3 heteroatoms. The lowest BCUT2D eigenvalue weighted by Crippen LogP contribution is -2.24. The van der Waals surface area contributed by atoms with Gasteiger partial charge in [0.2, 0.25) is 0 Å². The molecule has 0 bridgehead atoms. The molecule has 6 aromatic carbocycles. The molecule has 0 radical (unpaired) electrons. The van der Waals surface area contributed by atoms with Crippen molar-refractivity contribution in [3.8, 4) is 0 Å². The fraction of sp³-hybridized carbons (Fsp3) is 0.200. The predicted octanol–water partition coefficient (Wildman–Crippen LogP) is 11.9. The number of rotatable bonds is 11. The van der Waals surface area contributed by atoms with E-state index >= 15 is 0 Å². The highest BCUT2D eigenvalue weighted by Gasteiger charge is 2.29. The van der Waals surface area contributed by atoms with Crippen molar-refractivity contribution in [1.29, 1.82) is 0 Å². The zero-order chi connectivity index (χ0) is 33.7. The SMILES string of the molecule is Cc1ccc(N(c2ccc(C)cc2)c2ccc(C(C)(CCCO)c3ccc(N(c4ccc(C)cc4)c4ccc(C)cc4)cc3)cc2)cc1. The summed E-state index contributed by atoms with van der Waals surface area (Å²) in [5.41, 5.74) is 13.9. The van der Waals surface area contributed by atoms with Gasteiger partial charge in [0.1, 0.15) is 0 Å². The first kappa shape index (κ1) is 32.8. The first-order valence-electron chi connectivity index (χ1n) is 16.9. The minimum Gasteiger partial charge on any atom is -0.396 e. The first-order chi connectivity index (χ1) is 23.2. The molecule has 0 saturated carbocycles. The third-order valence-corrected chi connectivity index (χ3v) is 9.53. The van der Waals surface area contributed by atoms with Crippen molar-refractivity contribution >= 4 is 34.1 Å². The summed E-state index contributed by atoms with van der Waals surface area (Å²) in [4.78, 5) is 4.63. The Morgan fingerprint density at radius 1 is 0.396 bits per heavy atom. The number of benzene rings is 6. The van der Waals surface area contributed by atoms with Crippen LogP contribution in [0.3, 0.4) is 0 Å². The van der Waals surface area contributed by atoms with E-state index in [4.69, 9.17) is 0 Å². The molecule has 48 heavy (non-hydrogen) atoms. The molecule has 3 nitrogen and oxygen atoms in total. The van der Waals surface area contributed by atoms with Crippen LogP contribution < -0.4 is 9.80 Å². The Labute approximate surface area is 286 Å². The van der Waals surface area contributed by atoms with Gasteiger partial charge in [-0.05, 0) is 124 Å². The Kier molecular flexibility index (Phi) is 9.80. The maximum atomic E-state index is 9.93. The van der Waals surface area contributed by atoms with Crippen LogP contribution in [0, 0.1) is 27.7 Å². The first-order valence-corrected chi connectivity index (χ1v) is 16.9. The minimum absolute atomic E-state index is 0.162. The van der Waals surface area contributed by atoms with Crippen molar-refractivity contribution in [3.63, 3.8) is 0 Å². The standard InChI is InChI=1S/C45H46N2O/c1-33-7-19-39(20-8-33)46(40-21-9-34(2)10-22-40)43-27-15-37(16-28-43)45(5,31-6-32-48)38-17-29-44(30-18-38)47(41-23-11-35(3)12-24-41)42-25-13-36(4)14-26-42/h7-30,48H,6,31-32H2,1-5H3. The molecule has 0 fully saturated rings. The van der Waals surface area contributed by atoms with E-state index < -0.39 is 0 Å². The van der Waals surface area contributed by atoms with Crippen molar-refractivity contribution in [2.24, 2.45) is 0 Å². The number of hydrogen-bond acceptors (Lipinski definition) is 3. The summed E-state index contributed by atoms with van der Waals surface area (Å²) in [5.74, 6) is 0. The second-order valence-corrected chi connectivity index (χ2v) is 13.3. The molecule has 0 aliphatic rings. The highest BCUT2D eigenvalue weighted by molar-refractivity contribution is 5.78. The van der Waals surface area contributed by atoms with Gasteiger partial charge in [0, 0.05) is 46.1 Å². The predicted molar refractivity (Wildman–Crippen MR) is 204 cm³/mol. The average molecular weight is 631 g/mol. The smallest absolute Gasteiger partial charge is 0.0461 e. The van der Waals surface area contributed by atoms with Gasteiger partial charge in [-0.25, -0.2) is 0 Å². The maximum absolute atomic E-state index is 9.93. The van der Waals surface area contributed by atoms with Crippen molar-refractivity contribution in [2.75, 3.05) is 16.4 Å². The molecule has 6 aromatic rings. The van der Waals surface area contributed by atoms with Crippen LogP contribution >= 0.6 is 0 Å². The highest BCUT2D eigenvalue weighted by Crippen LogP contribution is 2.42. The van der Waals surface area contributed by atoms with E-state index in [0.29, 0.717) is 0 Å². The number of aliphatic hydroxyl groups excluding tert-OH is 1. The summed E-state index contributed by atoms with van der Waals surface area (Å²) in [6.07, 6.45) is 1.55. The number of nitrogens with zero attached hydrogens (tertiary/aromatic N) is 2. The van der Waals surface area contributed by atoms with Gasteiger partial charge in [0.25, 0.3) is 0 Å². The van der Waals surface area contributed by atoms with E-state index in [1.165, 1.54) is 33.4 Å². The Bertz CT molecular complexity index is 1680. The zero-order valence-electron chi connectivity index (χ0n) is 28.8. The Hall–Kier alpha value is -5.12. The van der Waals surface area contributed by atoms with Gasteiger partial charge in [0.15, 0.2) is 0 Å². The summed E-state index contributed by atoms with van der Waals surface area (Å²) in [6.45, 7) is 11.0. The fourth-order valence-corrected chi connectivity index (χ4v) is 6.51. The Morgan fingerprint density at radius 2 is 0.625 bits per heavy atom. The van der Waals surface area contributed by atoms with Gasteiger partial charge in [-0.2, -0.15) is 0 Å². The minimum atomic E-state index is -0.281. The zero-order valence-corrected chi connectivity index (χ0v) is 28.8. The van der Waals surface area contributed by atoms with Crippen LogP contribution in [0.15, 0.2) is 146 Å². The van der Waals surface area contributed by atoms with E-state index in [9.17, 15) is 5.11 Å². The summed E-state index contributed by atoms with van der Waals surface area (Å²) in [5, 5.41) is 9.93. The molecule has 6 rings (SSSR count). The highest BCUT2D eigenvalue weighted by atomic mass is 16.2. The van der Waals surface area contributed by atoms with Crippen LogP contribution in [0.25, 0.3) is 0 Å². The van der Waals surface area contributed by atoms with Crippen molar-refractivity contribution in [1.82, 2.24) is 0 Å². The molecule has 0 aliphatic heterocycles. The Morgan fingerprint density at radius 3 is 0.854 bits per heavy atom. The quantitative estimate of drug-likeness (QED) is 0.154. The lowest BCUT2D eigenvalue weighted by atomic mass is 9.73. The molecule has 0 aromatic heterocycles. The number of aryl methyl sites for hydroxylation is 4. The second kappa shape index (κ2) is 14.3. The van der Waals surface area contributed by atoms with Crippen molar-refractivity contribution < 1.29 is 5.11 Å². The molecule has 0 spiro atoms. The normalized spacial score (nSPS) is 11.4. The van der Waals surface area contributed by atoms with Crippen LogP contribution in [0.2, 0.25) is 0 Å². The molecule has 242 valence electrons. The van der Waals surface area contributed by atoms with Crippen LogP contribution in [0.4, 0.5) is 34.1 Å². The van der Waals surface area contributed by atoms with E-state index in [0.717, 1.165) is 47.0 Å². The third-order valence-electron chi connectivity index (χ3n) is 9.53. The summed E-state index contributed by atoms with van der Waals surface area (Å²) >= 11 is 0. The number of aliphatic hydroxyl groups is 1. The molecular weight excluding hydrogens is 585 g/mol. The van der Waals surface area contributed by atoms with E-state index in [1.807, 2.05) is 0 Å². The average Bonchev–Trinajstić information content (AvgIpc) is 3.11. The number of anilines is 6. The molecule has 0 unspecified atom stereocenters. The van der Waals surface area contributed by atoms with Gasteiger partial charge >= 0.3 is 0 Å². The van der Waals surface area contributed by atoms with Gasteiger partial charge in [-0.1, -0.05) is 102 Å². The molecule has 1 N–H and O–H groups in total. The van der Waals surface area contributed by atoms with Crippen molar-refractivity contribution in [2.45, 2.75) is 52.9 Å². The molecule has 0 heterocycles. The van der Waals surface area contributed by atoms with Crippen LogP contribution in [-0.4, -0.2) is 11.7 Å². The van der Waals surface area contributed by atoms with Crippen molar-refractivity contribution in [3.05, 3.63) is 179 Å². The van der Waals surface area contributed by atoms with Crippen LogP contribution in [0.5, 0.6) is 0 Å². The lowest BCUT2D eigenvalue weighted by Gasteiger charge is -2.33. The van der Waals surface area contributed by atoms with Crippen LogP contribution in [-0.2, 0) is 5.41 Å². The number of hydrogen-bond donors (Lipinski definition) is 1. The Balaban J connectivity index is 1.36. The van der Waals surface area contributed by atoms with E-state index in [-0.39, 0.29) is 12.0 Å². The molecule has 0 aliphatic carbocycles. The topological polar surface area (TPSA) is 26.7 Å². The maximum Gasteiger partial charge on any atom is 0.0461 e. The lowest BCUT2D eigenvalue weighted by molar-refractivity contribution is 0.272. The second-order valence-electron chi connectivity index (χ2n) is 13.3. The monoisotopic (exact) mass is 630 g/mol. The molecule has 0 saturated heterocycles. The van der Waals surface area contributed by atoms with Gasteiger partial charge in [-0.3, -0.25) is 0 Å². The van der Waals surface area contributed by atoms with E-state index in [1.54, 1.807) is 0 Å².